The average Bonchev–Trinajstić information content (AvgIpc) is 3.24. The second-order valence-corrected chi connectivity index (χ2v) is 9.82. The minimum Gasteiger partial charge on any atom is -0.338 e. The van der Waals surface area contributed by atoms with Crippen molar-refractivity contribution in [2.24, 2.45) is 0 Å². The number of nitro groups is 1. The summed E-state index contributed by atoms with van der Waals surface area (Å²) in [7, 11) is -3.67. The summed E-state index contributed by atoms with van der Waals surface area (Å²) >= 11 is 11.8. The maximum Gasteiger partial charge on any atom is 0.269 e. The van der Waals surface area contributed by atoms with E-state index in [-0.39, 0.29) is 15.6 Å². The summed E-state index contributed by atoms with van der Waals surface area (Å²) in [4.78, 5) is 16.7. The van der Waals surface area contributed by atoms with Gasteiger partial charge in [-0.05, 0) is 30.3 Å². The van der Waals surface area contributed by atoms with Gasteiger partial charge in [-0.3, -0.25) is 15.0 Å². The van der Waals surface area contributed by atoms with Crippen molar-refractivity contribution in [2.45, 2.75) is 11.4 Å². The Bertz CT molecular complexity index is 1240. The topological polar surface area (TPSA) is 123 Å². The Morgan fingerprint density at radius 2 is 1.72 bits per heavy atom. The standard InChI is InChI=1S/C19H17Cl2N5O5S/c20-16-6-5-15(11-17(16)21)32(29,30)25-9-7-24(8-10-25)12-18-22-19(23-31-18)13-1-3-14(4-2-13)26(27)28/h1-6,11H,7-10,12H2. The largest absolute Gasteiger partial charge is 0.338 e. The highest BCUT2D eigenvalue weighted by molar-refractivity contribution is 7.89. The maximum atomic E-state index is 12.9. The van der Waals surface area contributed by atoms with Crippen LogP contribution in [0.4, 0.5) is 5.69 Å². The Labute approximate surface area is 193 Å². The fraction of sp³-hybridized carbons (Fsp3) is 0.263. The van der Waals surface area contributed by atoms with Gasteiger partial charge in [0.05, 0.1) is 26.4 Å². The Morgan fingerprint density at radius 3 is 2.34 bits per heavy atom. The Morgan fingerprint density at radius 1 is 1.03 bits per heavy atom. The molecule has 0 N–H and O–H groups in total. The van der Waals surface area contributed by atoms with E-state index in [2.05, 4.69) is 10.1 Å². The first-order chi connectivity index (χ1) is 15.2. The van der Waals surface area contributed by atoms with E-state index in [1.54, 1.807) is 12.1 Å². The first-order valence-electron chi connectivity index (χ1n) is 9.49. The van der Waals surface area contributed by atoms with Crippen LogP contribution in [-0.4, -0.2) is 58.9 Å². The molecule has 2 aromatic carbocycles. The van der Waals surface area contributed by atoms with Crippen LogP contribution in [0.1, 0.15) is 5.89 Å². The third kappa shape index (κ3) is 4.76. The molecular weight excluding hydrogens is 481 g/mol. The third-order valence-electron chi connectivity index (χ3n) is 5.02. The lowest BCUT2D eigenvalue weighted by molar-refractivity contribution is -0.384. The molecule has 0 aliphatic carbocycles. The summed E-state index contributed by atoms with van der Waals surface area (Å²) in [6.45, 7) is 1.92. The molecule has 10 nitrogen and oxygen atoms in total. The lowest BCUT2D eigenvalue weighted by atomic mass is 10.2. The van der Waals surface area contributed by atoms with Gasteiger partial charge in [0, 0.05) is 43.9 Å². The molecule has 2 heterocycles. The second-order valence-electron chi connectivity index (χ2n) is 7.07. The van der Waals surface area contributed by atoms with Gasteiger partial charge in [-0.1, -0.05) is 28.4 Å². The average molecular weight is 498 g/mol. The van der Waals surface area contributed by atoms with E-state index in [0.717, 1.165) is 0 Å². The molecule has 168 valence electrons. The highest BCUT2D eigenvalue weighted by atomic mass is 35.5. The lowest BCUT2D eigenvalue weighted by Gasteiger charge is -2.33. The lowest BCUT2D eigenvalue weighted by Crippen LogP contribution is -2.48. The normalized spacial score (nSPS) is 15.7. The number of nitro benzene ring substituents is 1. The van der Waals surface area contributed by atoms with Crippen molar-refractivity contribution in [3.8, 4) is 11.4 Å². The molecule has 1 aliphatic heterocycles. The van der Waals surface area contributed by atoms with E-state index in [4.69, 9.17) is 27.7 Å². The van der Waals surface area contributed by atoms with Gasteiger partial charge in [0.2, 0.25) is 21.7 Å². The Hall–Kier alpha value is -2.57. The third-order valence-corrected chi connectivity index (χ3v) is 7.66. The first kappa shape index (κ1) is 22.6. The molecule has 4 rings (SSSR count). The Kier molecular flexibility index (Phi) is 6.45. The fourth-order valence-corrected chi connectivity index (χ4v) is 5.09. The number of non-ortho nitro benzene ring substituents is 1. The van der Waals surface area contributed by atoms with Crippen LogP contribution in [0, 0.1) is 10.1 Å². The smallest absolute Gasteiger partial charge is 0.269 e. The Balaban J connectivity index is 1.37. The molecule has 1 saturated heterocycles. The summed E-state index contributed by atoms with van der Waals surface area (Å²) < 4.78 is 32.4. The van der Waals surface area contributed by atoms with Crippen molar-refractivity contribution >= 4 is 38.9 Å². The van der Waals surface area contributed by atoms with E-state index in [1.807, 2.05) is 4.90 Å². The number of hydrogen-bond donors (Lipinski definition) is 0. The van der Waals surface area contributed by atoms with Crippen LogP contribution >= 0.6 is 23.2 Å². The van der Waals surface area contributed by atoms with Gasteiger partial charge >= 0.3 is 0 Å². The van der Waals surface area contributed by atoms with Crippen LogP contribution in [0.5, 0.6) is 0 Å². The van der Waals surface area contributed by atoms with Gasteiger partial charge in [-0.2, -0.15) is 9.29 Å². The molecule has 32 heavy (non-hydrogen) atoms. The van der Waals surface area contributed by atoms with Crippen molar-refractivity contribution in [1.29, 1.82) is 0 Å². The molecule has 0 radical (unpaired) electrons. The monoisotopic (exact) mass is 497 g/mol. The van der Waals surface area contributed by atoms with Gasteiger partial charge < -0.3 is 4.52 Å². The maximum absolute atomic E-state index is 12.9. The molecule has 3 aromatic rings. The fourth-order valence-electron chi connectivity index (χ4n) is 3.27. The van der Waals surface area contributed by atoms with E-state index in [0.29, 0.717) is 55.0 Å². The van der Waals surface area contributed by atoms with Crippen LogP contribution in [0.2, 0.25) is 10.0 Å². The molecule has 1 aliphatic rings. The predicted octanol–water partition coefficient (Wildman–Crippen LogP) is 3.46. The van der Waals surface area contributed by atoms with Gasteiger partial charge in [-0.25, -0.2) is 8.42 Å². The minimum atomic E-state index is -3.67. The predicted molar refractivity (Wildman–Crippen MR) is 117 cm³/mol. The van der Waals surface area contributed by atoms with E-state index in [9.17, 15) is 18.5 Å². The molecule has 0 spiro atoms. The van der Waals surface area contributed by atoms with Crippen LogP contribution < -0.4 is 0 Å². The number of nitrogens with zero attached hydrogens (tertiary/aromatic N) is 5. The molecular formula is C19H17Cl2N5O5S. The number of hydrogen-bond acceptors (Lipinski definition) is 8. The van der Waals surface area contributed by atoms with Crippen LogP contribution in [0.15, 0.2) is 51.9 Å². The molecule has 0 bridgehead atoms. The SMILES string of the molecule is O=[N+]([O-])c1ccc(-c2noc(CN3CCN(S(=O)(=O)c4ccc(Cl)c(Cl)c4)CC3)n2)cc1. The molecule has 0 saturated carbocycles. The van der Waals surface area contributed by atoms with Gasteiger partial charge in [0.1, 0.15) is 0 Å². The summed E-state index contributed by atoms with van der Waals surface area (Å²) in [6, 6.07) is 10.1. The van der Waals surface area contributed by atoms with Crippen LogP contribution in [0.25, 0.3) is 11.4 Å². The van der Waals surface area contributed by atoms with E-state index in [1.165, 1.54) is 34.6 Å². The highest BCUT2D eigenvalue weighted by Gasteiger charge is 2.29. The van der Waals surface area contributed by atoms with Crippen molar-refractivity contribution in [2.75, 3.05) is 26.2 Å². The summed E-state index contributed by atoms with van der Waals surface area (Å²) in [5.41, 5.74) is 0.578. The summed E-state index contributed by atoms with van der Waals surface area (Å²) in [6.07, 6.45) is 0. The zero-order valence-corrected chi connectivity index (χ0v) is 18.8. The first-order valence-corrected chi connectivity index (χ1v) is 11.7. The van der Waals surface area contributed by atoms with Crippen molar-refractivity contribution in [3.05, 3.63) is 68.5 Å². The molecule has 0 atom stereocenters. The second kappa shape index (κ2) is 9.12. The zero-order chi connectivity index (χ0) is 22.9. The molecule has 0 unspecified atom stereocenters. The number of halogens is 2. The zero-order valence-electron chi connectivity index (χ0n) is 16.5. The summed E-state index contributed by atoms with van der Waals surface area (Å²) in [5, 5.41) is 15.2. The van der Waals surface area contributed by atoms with Crippen molar-refractivity contribution in [3.63, 3.8) is 0 Å². The molecule has 0 amide bonds. The van der Waals surface area contributed by atoms with Crippen LogP contribution in [-0.2, 0) is 16.6 Å². The molecule has 13 heteroatoms. The molecule has 1 aromatic heterocycles. The number of rotatable bonds is 6. The van der Waals surface area contributed by atoms with E-state index >= 15 is 0 Å². The van der Waals surface area contributed by atoms with Gasteiger partial charge in [0.15, 0.2) is 0 Å². The van der Waals surface area contributed by atoms with Crippen molar-refractivity contribution < 1.29 is 17.9 Å². The minimum absolute atomic E-state index is 0.0221. The number of sulfonamides is 1. The van der Waals surface area contributed by atoms with Gasteiger partial charge in [-0.15, -0.1) is 0 Å². The number of piperazine rings is 1. The summed E-state index contributed by atoms with van der Waals surface area (Å²) in [5.74, 6) is 0.704. The quantitative estimate of drug-likeness (QED) is 0.374. The van der Waals surface area contributed by atoms with Crippen LogP contribution in [0.3, 0.4) is 0 Å². The van der Waals surface area contributed by atoms with Crippen molar-refractivity contribution in [1.82, 2.24) is 19.3 Å². The van der Waals surface area contributed by atoms with Gasteiger partial charge in [0.25, 0.3) is 5.69 Å². The number of benzene rings is 2. The highest BCUT2D eigenvalue weighted by Crippen LogP contribution is 2.27. The van der Waals surface area contributed by atoms with E-state index < -0.39 is 14.9 Å². The molecule has 1 fully saturated rings. The number of aromatic nitrogens is 2.